The molecule has 0 saturated carbocycles. The largest absolute Gasteiger partial charge is 0.455 e. The van der Waals surface area contributed by atoms with Crippen LogP contribution in [0.2, 0.25) is 0 Å². The van der Waals surface area contributed by atoms with Gasteiger partial charge in [-0.1, -0.05) is 137 Å². The van der Waals surface area contributed by atoms with Gasteiger partial charge >= 0.3 is 23.9 Å². The van der Waals surface area contributed by atoms with Crippen LogP contribution in [-0.2, 0) is 85.5 Å². The number of aliphatic hydroxyl groups excluding tert-OH is 10. The van der Waals surface area contributed by atoms with Crippen molar-refractivity contribution in [3.8, 4) is 0 Å². The number of carbonyl (C=O) groups excluding carboxylic acids is 4. The summed E-state index contributed by atoms with van der Waals surface area (Å²) in [5, 5.41) is 113. The predicted octanol–water partition coefficient (Wildman–Crippen LogP) is 3.84. The van der Waals surface area contributed by atoms with Gasteiger partial charge in [-0.3, -0.25) is 19.2 Å². The van der Waals surface area contributed by atoms with E-state index in [1.54, 1.807) is 13.8 Å². The van der Waals surface area contributed by atoms with E-state index in [0.717, 1.165) is 96.3 Å². The molecule has 0 radical (unpaired) electrons. The number of hydrogen-bond acceptors (Lipinski definition) is 28. The van der Waals surface area contributed by atoms with Crippen LogP contribution >= 0.6 is 0 Å². The lowest BCUT2D eigenvalue weighted by Gasteiger charge is -2.50. The number of carbonyl (C=O) groups is 4. The van der Waals surface area contributed by atoms with E-state index in [2.05, 4.69) is 13.8 Å². The minimum absolute atomic E-state index is 0.0615. The fourth-order valence-electron chi connectivity index (χ4n) is 12.9. The average Bonchev–Trinajstić information content (AvgIpc) is 0.773. The third-order valence-corrected chi connectivity index (χ3v) is 19.6. The van der Waals surface area contributed by atoms with Crippen molar-refractivity contribution < 1.29 is 137 Å². The summed E-state index contributed by atoms with van der Waals surface area (Å²) >= 11 is 0. The maximum atomic E-state index is 14.2. The van der Waals surface area contributed by atoms with Crippen molar-refractivity contribution in [2.45, 2.75) is 382 Å². The summed E-state index contributed by atoms with van der Waals surface area (Å²) in [6, 6.07) is 0. The van der Waals surface area contributed by atoms with Crippen LogP contribution in [-0.4, -0.2) is 254 Å². The Balaban J connectivity index is 1.35. The Hall–Kier alpha value is -2.92. The van der Waals surface area contributed by atoms with Crippen molar-refractivity contribution in [3.63, 3.8) is 0 Å². The first-order valence-electron chi connectivity index (χ1n) is 35.9. The lowest BCUT2D eigenvalue weighted by Crippen LogP contribution is -2.68. The van der Waals surface area contributed by atoms with Gasteiger partial charge in [-0.15, -0.1) is 0 Å². The first-order valence-corrected chi connectivity index (χ1v) is 35.9. The molecule has 0 spiro atoms. The van der Waals surface area contributed by atoms with Crippen LogP contribution in [0.5, 0.6) is 0 Å². The molecule has 0 aliphatic carbocycles. The molecule has 96 heavy (non-hydrogen) atoms. The molecule has 6 aliphatic rings. The van der Waals surface area contributed by atoms with Crippen molar-refractivity contribution in [1.82, 2.24) is 0 Å². The van der Waals surface area contributed by atoms with Crippen LogP contribution < -0.4 is 0 Å². The highest BCUT2D eigenvalue weighted by molar-refractivity contribution is 5.74. The van der Waals surface area contributed by atoms with Gasteiger partial charge in [-0.25, -0.2) is 0 Å². The molecule has 6 heterocycles. The minimum Gasteiger partial charge on any atom is -0.455 e. The number of rotatable bonds is 29. The molecule has 6 aliphatic heterocycles. The van der Waals surface area contributed by atoms with E-state index < -0.39 is 209 Å². The van der Waals surface area contributed by atoms with Gasteiger partial charge in [0.25, 0.3) is 0 Å². The predicted molar refractivity (Wildman–Crippen MR) is 338 cm³/mol. The molecule has 6 fully saturated rings. The SMILES string of the molecule is CCCCCCCCCCCC(=O)O[C@H]1[C@H](O[C@@H]2[C@@H](O)[C@H]3OC(=O)CCCCCCCCCC(CCCCC)O[C@@H]4O[C@H](CO)[C@@H](O)[C@H](O)[C@H]4O[C@H]3O[C@H]2C)O[C@@H](C)[C@H](O[C@@H]2O[C@@H](C)[C@H](OC(=O)C(C)CC)[C@@H](OC(=O)C(C)[C@H](C)O)[C@H]2O[C@@H]2O[C@H](CO)[C@@H](O)[C@H](O)[C@H]2O)[C@H]1O. The zero-order valence-corrected chi connectivity index (χ0v) is 57.9. The molecular weight excluding hydrogens is 1260 g/mol. The zero-order valence-electron chi connectivity index (χ0n) is 57.9. The Morgan fingerprint density at radius 2 is 1.00 bits per heavy atom. The third kappa shape index (κ3) is 23.0. The Labute approximate surface area is 565 Å². The van der Waals surface area contributed by atoms with E-state index in [1.807, 2.05) is 0 Å². The van der Waals surface area contributed by atoms with Crippen LogP contribution in [0.1, 0.15) is 216 Å². The molecular formula is C68H118O28. The summed E-state index contributed by atoms with van der Waals surface area (Å²) in [5.74, 6) is -5.16. The molecule has 29 atom stereocenters. The number of hydrogen-bond donors (Lipinski definition) is 10. The highest BCUT2D eigenvalue weighted by atomic mass is 16.8. The van der Waals surface area contributed by atoms with Gasteiger partial charge in [0.1, 0.15) is 73.2 Å². The van der Waals surface area contributed by atoms with Crippen LogP contribution in [0.4, 0.5) is 0 Å². The van der Waals surface area contributed by atoms with Crippen LogP contribution in [0.15, 0.2) is 0 Å². The number of aliphatic hydroxyl groups is 10. The van der Waals surface area contributed by atoms with E-state index in [4.69, 9.17) is 66.3 Å². The monoisotopic (exact) mass is 1380 g/mol. The van der Waals surface area contributed by atoms with E-state index in [-0.39, 0.29) is 18.9 Å². The number of fused-ring (bicyclic) bond motifs is 2. The van der Waals surface area contributed by atoms with E-state index >= 15 is 0 Å². The standard InChI is InChI=1S/C68H118O28/c1-10-13-15-16-17-18-21-24-28-32-45(72)89-58-53(80)55(94-68-61(96-64-51(78)49(76)47(74)43(34-69)87-64)60(92-63(82)37(5)38(6)71)56(41(9)85-68)91-62(81)36(4)12-3)40(8)83-65(58)93-54-39(7)84-66-59(52(54)79)90-46(73)33-29-25-22-19-20-23-27-31-42(30-26-14-11-2)86-67-57(95-66)50(77)48(75)44(35-70)88-67/h36-44,47-61,64-71,74-80H,10-35H2,1-9H3/t36?,37?,38-,39-,40-,41-,42?,43+,44+,47+,48+,49-,50-,51+,52+,53+,54-,55-,56-,57+,58+,59+,60+,61+,64-,65-,66+,67+,68-/m0/s1. The van der Waals surface area contributed by atoms with Crippen LogP contribution in [0.25, 0.3) is 0 Å². The summed E-state index contributed by atoms with van der Waals surface area (Å²) < 4.78 is 88.2. The van der Waals surface area contributed by atoms with Crippen molar-refractivity contribution in [2.24, 2.45) is 11.8 Å². The molecule has 10 N–H and O–H groups in total. The van der Waals surface area contributed by atoms with Gasteiger partial charge < -0.3 is 117 Å². The second-order valence-electron chi connectivity index (χ2n) is 27.3. The lowest BCUT2D eigenvalue weighted by molar-refractivity contribution is -0.396. The molecule has 558 valence electrons. The Morgan fingerprint density at radius 3 is 1.62 bits per heavy atom. The smallest absolute Gasteiger partial charge is 0.311 e. The number of unbranched alkanes of at least 4 members (excludes halogenated alkanes) is 10. The van der Waals surface area contributed by atoms with E-state index in [1.165, 1.54) is 34.6 Å². The molecule has 3 unspecified atom stereocenters. The fraction of sp³-hybridized carbons (Fsp3) is 0.941. The van der Waals surface area contributed by atoms with Crippen molar-refractivity contribution >= 4 is 23.9 Å². The summed E-state index contributed by atoms with van der Waals surface area (Å²) in [6.07, 6.45) is -25.2. The number of ether oxygens (including phenoxy) is 14. The van der Waals surface area contributed by atoms with Crippen molar-refractivity contribution in [3.05, 3.63) is 0 Å². The summed E-state index contributed by atoms with van der Waals surface area (Å²) in [7, 11) is 0. The van der Waals surface area contributed by atoms with Gasteiger partial charge in [-0.05, 0) is 66.7 Å². The van der Waals surface area contributed by atoms with Gasteiger partial charge in [0, 0.05) is 12.8 Å². The third-order valence-electron chi connectivity index (χ3n) is 19.6. The van der Waals surface area contributed by atoms with E-state index in [0.29, 0.717) is 44.9 Å². The second kappa shape index (κ2) is 41.2. The molecule has 0 aromatic rings. The Morgan fingerprint density at radius 1 is 0.479 bits per heavy atom. The first-order chi connectivity index (χ1) is 45.9. The topological polar surface area (TPSA) is 400 Å². The fourth-order valence-corrected chi connectivity index (χ4v) is 12.9. The van der Waals surface area contributed by atoms with Crippen LogP contribution in [0.3, 0.4) is 0 Å². The minimum atomic E-state index is -2.05. The average molecular weight is 1380 g/mol. The number of esters is 4. The summed E-state index contributed by atoms with van der Waals surface area (Å²) in [5.41, 5.74) is 0. The first kappa shape index (κ1) is 82.0. The molecule has 0 aromatic carbocycles. The Bertz CT molecular complexity index is 2250. The quantitative estimate of drug-likeness (QED) is 0.0289. The summed E-state index contributed by atoms with van der Waals surface area (Å²) in [4.78, 5) is 55.7. The van der Waals surface area contributed by atoms with Gasteiger partial charge in [0.05, 0.1) is 55.6 Å². The van der Waals surface area contributed by atoms with Gasteiger partial charge in [0.2, 0.25) is 0 Å². The molecule has 28 nitrogen and oxygen atoms in total. The lowest BCUT2D eigenvalue weighted by atomic mass is 9.95. The van der Waals surface area contributed by atoms with Gasteiger partial charge in [-0.2, -0.15) is 0 Å². The molecule has 0 aromatic heterocycles. The molecule has 28 heteroatoms. The van der Waals surface area contributed by atoms with E-state index in [9.17, 15) is 70.2 Å². The van der Waals surface area contributed by atoms with Gasteiger partial charge in [0.15, 0.2) is 62.0 Å². The highest BCUT2D eigenvalue weighted by Crippen LogP contribution is 2.40. The normalized spacial score (nSPS) is 39.5. The Kier molecular flexibility index (Phi) is 35.3. The second-order valence-corrected chi connectivity index (χ2v) is 27.3. The molecule has 0 amide bonds. The summed E-state index contributed by atoms with van der Waals surface area (Å²) in [6.45, 7) is 13.2. The van der Waals surface area contributed by atoms with Crippen molar-refractivity contribution in [2.75, 3.05) is 13.2 Å². The maximum absolute atomic E-state index is 14.2. The maximum Gasteiger partial charge on any atom is 0.311 e. The zero-order chi connectivity index (χ0) is 70.3. The van der Waals surface area contributed by atoms with Crippen LogP contribution in [0, 0.1) is 11.8 Å². The molecule has 0 bridgehead atoms. The molecule has 6 saturated heterocycles. The highest BCUT2D eigenvalue weighted by Gasteiger charge is 2.59. The molecule has 6 rings (SSSR count). The van der Waals surface area contributed by atoms with Crippen molar-refractivity contribution in [1.29, 1.82) is 0 Å².